The van der Waals surface area contributed by atoms with Gasteiger partial charge in [0.1, 0.15) is 0 Å². The summed E-state index contributed by atoms with van der Waals surface area (Å²) in [5, 5.41) is 0. The van der Waals surface area contributed by atoms with Gasteiger partial charge in [0.15, 0.2) is 0 Å². The molecule has 0 fully saturated rings. The summed E-state index contributed by atoms with van der Waals surface area (Å²) < 4.78 is 8.64. The van der Waals surface area contributed by atoms with Crippen molar-refractivity contribution in [3.63, 3.8) is 0 Å². The van der Waals surface area contributed by atoms with Gasteiger partial charge in [0.25, 0.3) is 0 Å². The van der Waals surface area contributed by atoms with E-state index in [1.807, 2.05) is 0 Å². The van der Waals surface area contributed by atoms with Gasteiger partial charge in [0, 0.05) is 15.5 Å². The van der Waals surface area contributed by atoms with Gasteiger partial charge >= 0.3 is 0 Å². The Labute approximate surface area is 57.9 Å². The van der Waals surface area contributed by atoms with Crippen LogP contribution < -0.4 is 0 Å². The molecule has 0 aromatic rings. The highest BCUT2D eigenvalue weighted by atomic mass is 32.8. The first kappa shape index (κ1) is 8.53. The molecule has 1 unspecified atom stereocenters. The zero-order valence-corrected chi connectivity index (χ0v) is 6.89. The van der Waals surface area contributed by atoms with Crippen LogP contribution in [0, 0.1) is 5.92 Å². The molecule has 0 bridgehead atoms. The SMILES string of the molecule is CC(C)CCS(O)=S. The average molecular weight is 152 g/mol. The monoisotopic (exact) mass is 152 g/mol. The molecule has 1 nitrogen and oxygen atoms in total. The third-order valence-electron chi connectivity index (χ3n) is 0.870. The molecule has 0 aromatic heterocycles. The van der Waals surface area contributed by atoms with Gasteiger partial charge in [-0.3, -0.25) is 0 Å². The van der Waals surface area contributed by atoms with Gasteiger partial charge in [-0.2, -0.15) is 0 Å². The minimum atomic E-state index is -0.753. The molecule has 0 radical (unpaired) electrons. The summed E-state index contributed by atoms with van der Waals surface area (Å²) in [4.78, 5) is 0. The maximum Gasteiger partial charge on any atom is 0.0226 e. The van der Waals surface area contributed by atoms with Gasteiger partial charge in [-0.1, -0.05) is 13.8 Å². The van der Waals surface area contributed by atoms with Gasteiger partial charge in [-0.05, 0) is 23.5 Å². The van der Waals surface area contributed by atoms with Crippen LogP contribution in [0.15, 0.2) is 0 Å². The Hall–Kier alpha value is 0.530. The third kappa shape index (κ3) is 6.53. The van der Waals surface area contributed by atoms with Crippen molar-refractivity contribution in [2.24, 2.45) is 5.92 Å². The van der Waals surface area contributed by atoms with Crippen molar-refractivity contribution in [1.82, 2.24) is 0 Å². The molecular weight excluding hydrogens is 140 g/mol. The molecule has 8 heavy (non-hydrogen) atoms. The quantitative estimate of drug-likeness (QED) is 0.662. The van der Waals surface area contributed by atoms with Crippen LogP contribution in [0.5, 0.6) is 0 Å². The van der Waals surface area contributed by atoms with Gasteiger partial charge in [0.05, 0.1) is 0 Å². The molecule has 0 spiro atoms. The Bertz CT molecular complexity index is 80.5. The van der Waals surface area contributed by atoms with Crippen LogP contribution in [-0.2, 0) is 20.9 Å². The molecule has 1 N–H and O–H groups in total. The summed E-state index contributed by atoms with van der Waals surface area (Å²) in [6.07, 6.45) is 1.04. The van der Waals surface area contributed by atoms with E-state index in [4.69, 9.17) is 4.55 Å². The van der Waals surface area contributed by atoms with E-state index in [2.05, 4.69) is 25.0 Å². The first-order valence-corrected chi connectivity index (χ1v) is 4.98. The molecule has 0 aliphatic carbocycles. The van der Waals surface area contributed by atoms with Crippen LogP contribution >= 0.6 is 0 Å². The molecule has 1 atom stereocenters. The Morgan fingerprint density at radius 1 is 1.62 bits per heavy atom. The van der Waals surface area contributed by atoms with Gasteiger partial charge in [0.2, 0.25) is 0 Å². The molecular formula is C5H12OS2. The van der Waals surface area contributed by atoms with Crippen LogP contribution in [0.2, 0.25) is 0 Å². The van der Waals surface area contributed by atoms with E-state index in [0.717, 1.165) is 12.2 Å². The molecule has 0 saturated heterocycles. The van der Waals surface area contributed by atoms with E-state index < -0.39 is 9.74 Å². The lowest BCUT2D eigenvalue weighted by atomic mass is 10.2. The molecule has 0 aliphatic rings. The molecule has 0 amide bonds. The topological polar surface area (TPSA) is 20.2 Å². The normalized spacial score (nSPS) is 14.5. The van der Waals surface area contributed by atoms with Gasteiger partial charge < -0.3 is 4.55 Å². The average Bonchev–Trinajstić information content (AvgIpc) is 1.61. The van der Waals surface area contributed by atoms with Crippen LogP contribution in [-0.4, -0.2) is 10.3 Å². The number of hydrogen-bond donors (Lipinski definition) is 1. The Kier molecular flexibility index (Phi) is 4.71. The van der Waals surface area contributed by atoms with E-state index in [1.165, 1.54) is 0 Å². The fraction of sp³-hybridized carbons (Fsp3) is 1.00. The lowest BCUT2D eigenvalue weighted by Crippen LogP contribution is -1.97. The van der Waals surface area contributed by atoms with Crippen LogP contribution in [0.1, 0.15) is 20.3 Å². The first-order chi connectivity index (χ1) is 3.63. The highest BCUT2D eigenvalue weighted by Gasteiger charge is 1.93. The first-order valence-electron chi connectivity index (χ1n) is 2.70. The van der Waals surface area contributed by atoms with E-state index in [0.29, 0.717) is 5.92 Å². The third-order valence-corrected chi connectivity index (χ3v) is 1.95. The van der Waals surface area contributed by atoms with Gasteiger partial charge in [-0.15, -0.1) is 0 Å². The Balaban J connectivity index is 3.05. The lowest BCUT2D eigenvalue weighted by molar-refractivity contribution is 0.607. The predicted octanol–water partition coefficient (Wildman–Crippen LogP) is 1.59. The highest BCUT2D eigenvalue weighted by molar-refractivity contribution is 8.25. The Morgan fingerprint density at radius 3 is 2.25 bits per heavy atom. The van der Waals surface area contributed by atoms with Crippen molar-refractivity contribution in [3.8, 4) is 0 Å². The summed E-state index contributed by atoms with van der Waals surface area (Å²) in [5.41, 5.74) is 0. The maximum absolute atomic E-state index is 8.64. The Morgan fingerprint density at radius 2 is 2.12 bits per heavy atom. The van der Waals surface area contributed by atoms with E-state index >= 15 is 0 Å². The summed E-state index contributed by atoms with van der Waals surface area (Å²) in [5.74, 6) is 1.45. The van der Waals surface area contributed by atoms with Crippen LogP contribution in [0.25, 0.3) is 0 Å². The fourth-order valence-corrected chi connectivity index (χ4v) is 1.30. The molecule has 0 heterocycles. The molecule has 0 aromatic carbocycles. The number of rotatable bonds is 3. The largest absolute Gasteiger partial charge is 0.327 e. The van der Waals surface area contributed by atoms with Crippen LogP contribution in [0.4, 0.5) is 0 Å². The summed E-state index contributed by atoms with van der Waals surface area (Å²) in [7, 11) is -0.753. The zero-order chi connectivity index (χ0) is 6.57. The summed E-state index contributed by atoms with van der Waals surface area (Å²) in [6.45, 7) is 4.25. The van der Waals surface area contributed by atoms with E-state index in [9.17, 15) is 0 Å². The van der Waals surface area contributed by atoms with E-state index in [-0.39, 0.29) is 0 Å². The number of hydrogen-bond acceptors (Lipinski definition) is 1. The smallest absolute Gasteiger partial charge is 0.0226 e. The van der Waals surface area contributed by atoms with Crippen molar-refractivity contribution in [2.75, 3.05) is 5.75 Å². The maximum atomic E-state index is 8.64. The van der Waals surface area contributed by atoms with Crippen molar-refractivity contribution < 1.29 is 4.55 Å². The predicted molar refractivity (Wildman–Crippen MR) is 41.7 cm³/mol. The van der Waals surface area contributed by atoms with E-state index in [1.54, 1.807) is 0 Å². The molecule has 3 heteroatoms. The van der Waals surface area contributed by atoms with Crippen molar-refractivity contribution in [3.05, 3.63) is 0 Å². The van der Waals surface area contributed by atoms with Crippen molar-refractivity contribution in [2.45, 2.75) is 20.3 Å². The minimum absolute atomic E-state index is 0.667. The standard InChI is InChI=1S/C5H12OS2/c1-5(2)3-4-8(6)7/h5H,3-4H2,1-2H3,(H,6,7). The summed E-state index contributed by atoms with van der Waals surface area (Å²) in [6, 6.07) is 0. The van der Waals surface area contributed by atoms with Crippen LogP contribution in [0.3, 0.4) is 0 Å². The molecule has 50 valence electrons. The zero-order valence-electron chi connectivity index (χ0n) is 5.26. The summed E-state index contributed by atoms with van der Waals surface area (Å²) >= 11 is 4.58. The molecule has 0 saturated carbocycles. The van der Waals surface area contributed by atoms with Gasteiger partial charge in [-0.25, -0.2) is 0 Å². The van der Waals surface area contributed by atoms with Crippen molar-refractivity contribution >= 4 is 20.9 Å². The molecule has 0 aliphatic heterocycles. The lowest BCUT2D eigenvalue weighted by Gasteiger charge is -2.00. The fourth-order valence-electron chi connectivity index (χ4n) is 0.337. The second-order valence-corrected chi connectivity index (χ2v) is 4.41. The molecule has 0 rings (SSSR count). The highest BCUT2D eigenvalue weighted by Crippen LogP contribution is 1.98. The second kappa shape index (κ2) is 4.41. The van der Waals surface area contributed by atoms with Crippen molar-refractivity contribution in [1.29, 1.82) is 0 Å². The second-order valence-electron chi connectivity index (χ2n) is 2.21. The minimum Gasteiger partial charge on any atom is -0.327 e.